The van der Waals surface area contributed by atoms with E-state index in [0.29, 0.717) is 11.0 Å². The molecule has 0 saturated carbocycles. The molecular weight excluding hydrogens is 258 g/mol. The summed E-state index contributed by atoms with van der Waals surface area (Å²) in [4.78, 5) is 4.34. The van der Waals surface area contributed by atoms with Gasteiger partial charge in [0.1, 0.15) is 5.82 Å². The number of hydrogen-bond donors (Lipinski definition) is 0. The molecule has 4 nitrogen and oxygen atoms in total. The molecule has 106 valence electrons. The molecule has 0 unspecified atom stereocenters. The highest BCUT2D eigenvalue weighted by Gasteiger charge is 2.52. The number of fused-ring (bicyclic) bond motifs is 1. The van der Waals surface area contributed by atoms with Gasteiger partial charge in [0.25, 0.3) is 0 Å². The van der Waals surface area contributed by atoms with Crippen LogP contribution in [0, 0.1) is 5.82 Å². The first-order valence-electron chi connectivity index (χ1n) is 6.67. The number of benzene rings is 1. The van der Waals surface area contributed by atoms with Crippen LogP contribution < -0.4 is 5.46 Å². The van der Waals surface area contributed by atoms with Crippen LogP contribution in [0.25, 0.3) is 11.0 Å². The summed E-state index contributed by atoms with van der Waals surface area (Å²) in [5, 5.41) is 0. The largest absolute Gasteiger partial charge is 0.497 e. The molecule has 0 amide bonds. The molecule has 0 spiro atoms. The summed E-state index contributed by atoms with van der Waals surface area (Å²) in [6, 6.07) is 2.91. The Morgan fingerprint density at radius 3 is 2.35 bits per heavy atom. The van der Waals surface area contributed by atoms with E-state index in [1.54, 1.807) is 10.9 Å². The van der Waals surface area contributed by atoms with E-state index in [1.165, 1.54) is 12.1 Å². The van der Waals surface area contributed by atoms with Gasteiger partial charge < -0.3 is 13.9 Å². The van der Waals surface area contributed by atoms with Gasteiger partial charge in [0.2, 0.25) is 0 Å². The summed E-state index contributed by atoms with van der Waals surface area (Å²) in [7, 11) is 1.23. The third-order valence-electron chi connectivity index (χ3n) is 4.33. The highest BCUT2D eigenvalue weighted by atomic mass is 19.1. The Balaban J connectivity index is 2.12. The van der Waals surface area contributed by atoms with Crippen LogP contribution in [0.15, 0.2) is 18.5 Å². The molecule has 1 fully saturated rings. The second-order valence-corrected chi connectivity index (χ2v) is 6.31. The number of hydrogen-bond acceptors (Lipinski definition) is 3. The number of aromatic nitrogens is 2. The number of rotatable bonds is 1. The zero-order chi connectivity index (χ0) is 14.7. The highest BCUT2D eigenvalue weighted by Crippen LogP contribution is 2.36. The number of halogens is 1. The normalized spacial score (nSPS) is 20.8. The summed E-state index contributed by atoms with van der Waals surface area (Å²) in [6.07, 6.45) is 1.67. The molecule has 6 heteroatoms. The zero-order valence-electron chi connectivity index (χ0n) is 12.4. The average molecular weight is 276 g/mol. The van der Waals surface area contributed by atoms with E-state index in [1.807, 2.05) is 34.7 Å². The maximum atomic E-state index is 13.8. The quantitative estimate of drug-likeness (QED) is 0.747. The molecule has 1 aliphatic rings. The fourth-order valence-corrected chi connectivity index (χ4v) is 2.37. The van der Waals surface area contributed by atoms with Crippen molar-refractivity contribution < 1.29 is 13.7 Å². The highest BCUT2D eigenvalue weighted by molar-refractivity contribution is 6.64. The molecular formula is C14H18BFN2O2. The monoisotopic (exact) mass is 276 g/mol. The van der Waals surface area contributed by atoms with Crippen LogP contribution in [0.3, 0.4) is 0 Å². The van der Waals surface area contributed by atoms with Crippen molar-refractivity contribution in [3.63, 3.8) is 0 Å². The second-order valence-electron chi connectivity index (χ2n) is 6.31. The molecule has 0 N–H and O–H groups in total. The molecule has 0 atom stereocenters. The van der Waals surface area contributed by atoms with Crippen LogP contribution in [-0.4, -0.2) is 27.9 Å². The van der Waals surface area contributed by atoms with E-state index in [0.717, 1.165) is 5.52 Å². The molecule has 1 saturated heterocycles. The predicted molar refractivity (Wildman–Crippen MR) is 76.4 cm³/mol. The first kappa shape index (κ1) is 13.6. The van der Waals surface area contributed by atoms with Gasteiger partial charge in [0, 0.05) is 12.5 Å². The molecule has 20 heavy (non-hydrogen) atoms. The zero-order valence-corrected chi connectivity index (χ0v) is 12.4. The Morgan fingerprint density at radius 2 is 1.75 bits per heavy atom. The SMILES string of the molecule is Cn1cnc2c(B3OC(C)(C)C(C)(C)O3)cc(F)cc21. The standard InChI is InChI=1S/C14H18BFN2O2/c1-13(2)14(3,4)20-15(19-13)10-6-9(16)7-11-12(10)17-8-18(11)5/h6-8H,1-5H3. The third-order valence-corrected chi connectivity index (χ3v) is 4.33. The van der Waals surface area contributed by atoms with Gasteiger partial charge in [0.15, 0.2) is 0 Å². The minimum atomic E-state index is -0.604. The van der Waals surface area contributed by atoms with Crippen LogP contribution >= 0.6 is 0 Å². The second kappa shape index (κ2) is 4.05. The van der Waals surface area contributed by atoms with Gasteiger partial charge in [-0.05, 0) is 39.8 Å². The molecule has 2 aromatic rings. The van der Waals surface area contributed by atoms with Crippen LogP contribution in [0.2, 0.25) is 0 Å². The fourth-order valence-electron chi connectivity index (χ4n) is 2.37. The molecule has 1 aromatic heterocycles. The van der Waals surface area contributed by atoms with Gasteiger partial charge in [-0.2, -0.15) is 0 Å². The van der Waals surface area contributed by atoms with Crippen molar-refractivity contribution >= 4 is 23.6 Å². The minimum Gasteiger partial charge on any atom is -0.399 e. The van der Waals surface area contributed by atoms with Gasteiger partial charge in [-0.3, -0.25) is 0 Å². The van der Waals surface area contributed by atoms with Crippen LogP contribution in [0.4, 0.5) is 4.39 Å². The van der Waals surface area contributed by atoms with Crippen molar-refractivity contribution in [3.05, 3.63) is 24.3 Å². The summed E-state index contributed by atoms with van der Waals surface area (Å²) in [5.41, 5.74) is 1.18. The number of imidazole rings is 1. The number of aryl methyl sites for hydroxylation is 1. The lowest BCUT2D eigenvalue weighted by Crippen LogP contribution is -2.41. The summed E-state index contributed by atoms with van der Waals surface area (Å²) < 4.78 is 27.6. The molecule has 1 aromatic carbocycles. The predicted octanol–water partition coefficient (Wildman–Crippen LogP) is 2.01. The van der Waals surface area contributed by atoms with Crippen molar-refractivity contribution in [3.8, 4) is 0 Å². The Morgan fingerprint density at radius 1 is 1.15 bits per heavy atom. The lowest BCUT2D eigenvalue weighted by atomic mass is 9.78. The molecule has 0 aliphatic carbocycles. The smallest absolute Gasteiger partial charge is 0.399 e. The summed E-state index contributed by atoms with van der Waals surface area (Å²) in [5.74, 6) is -0.314. The summed E-state index contributed by atoms with van der Waals surface area (Å²) >= 11 is 0. The number of nitrogens with zero attached hydrogens (tertiary/aromatic N) is 2. The fraction of sp³-hybridized carbons (Fsp3) is 0.500. The lowest BCUT2D eigenvalue weighted by molar-refractivity contribution is 0.00578. The van der Waals surface area contributed by atoms with Gasteiger partial charge >= 0.3 is 7.12 Å². The molecule has 2 heterocycles. The van der Waals surface area contributed by atoms with Crippen molar-refractivity contribution in [2.75, 3.05) is 0 Å². The summed E-state index contributed by atoms with van der Waals surface area (Å²) in [6.45, 7) is 7.90. The first-order valence-corrected chi connectivity index (χ1v) is 6.67. The van der Waals surface area contributed by atoms with Crippen molar-refractivity contribution in [1.82, 2.24) is 9.55 Å². The van der Waals surface area contributed by atoms with Crippen LogP contribution in [-0.2, 0) is 16.4 Å². The first-order chi connectivity index (χ1) is 9.21. The van der Waals surface area contributed by atoms with E-state index in [9.17, 15) is 4.39 Å². The molecule has 0 bridgehead atoms. The van der Waals surface area contributed by atoms with E-state index in [2.05, 4.69) is 4.98 Å². The molecule has 0 radical (unpaired) electrons. The third kappa shape index (κ3) is 1.86. The topological polar surface area (TPSA) is 36.3 Å². The minimum absolute atomic E-state index is 0.314. The van der Waals surface area contributed by atoms with Gasteiger partial charge in [0.05, 0.1) is 28.6 Å². The van der Waals surface area contributed by atoms with E-state index >= 15 is 0 Å². The Hall–Kier alpha value is -1.40. The van der Waals surface area contributed by atoms with Gasteiger partial charge in [-0.25, -0.2) is 9.37 Å². The molecule has 3 rings (SSSR count). The van der Waals surface area contributed by atoms with E-state index in [-0.39, 0.29) is 5.82 Å². The molecule has 1 aliphatic heterocycles. The maximum absolute atomic E-state index is 13.8. The van der Waals surface area contributed by atoms with Crippen LogP contribution in [0.5, 0.6) is 0 Å². The van der Waals surface area contributed by atoms with Crippen molar-refractivity contribution in [2.24, 2.45) is 7.05 Å². The Kier molecular flexibility index (Phi) is 2.75. The maximum Gasteiger partial charge on any atom is 0.497 e. The van der Waals surface area contributed by atoms with Gasteiger partial charge in [-0.1, -0.05) is 0 Å². The van der Waals surface area contributed by atoms with E-state index < -0.39 is 18.3 Å². The Bertz CT molecular complexity index is 665. The van der Waals surface area contributed by atoms with Crippen molar-refractivity contribution in [2.45, 2.75) is 38.9 Å². The lowest BCUT2D eigenvalue weighted by Gasteiger charge is -2.32. The van der Waals surface area contributed by atoms with Crippen LogP contribution in [0.1, 0.15) is 27.7 Å². The average Bonchev–Trinajstić information content (AvgIpc) is 2.78. The van der Waals surface area contributed by atoms with E-state index in [4.69, 9.17) is 9.31 Å². The van der Waals surface area contributed by atoms with Gasteiger partial charge in [-0.15, -0.1) is 0 Å². The Labute approximate surface area is 118 Å². The van der Waals surface area contributed by atoms with Crippen molar-refractivity contribution in [1.29, 1.82) is 0 Å².